The normalized spacial score (nSPS) is 15.2. The van der Waals surface area contributed by atoms with Crippen molar-refractivity contribution in [1.29, 1.82) is 0 Å². The van der Waals surface area contributed by atoms with Crippen LogP contribution in [0.2, 0.25) is 0 Å². The van der Waals surface area contributed by atoms with Gasteiger partial charge in [-0.25, -0.2) is 0 Å². The van der Waals surface area contributed by atoms with Crippen LogP contribution in [0.5, 0.6) is 0 Å². The molecule has 1 aliphatic carbocycles. The summed E-state index contributed by atoms with van der Waals surface area (Å²) < 4.78 is 1.99. The summed E-state index contributed by atoms with van der Waals surface area (Å²) in [5, 5.41) is 7.77. The number of nitrogens with zero attached hydrogens (tertiary/aromatic N) is 2. The van der Waals surface area contributed by atoms with Crippen LogP contribution in [0, 0.1) is 26.7 Å². The van der Waals surface area contributed by atoms with Crippen LogP contribution in [0.25, 0.3) is 0 Å². The van der Waals surface area contributed by atoms with Gasteiger partial charge in [0.05, 0.1) is 23.6 Å². The molecule has 2 aromatic rings. The highest BCUT2D eigenvalue weighted by Gasteiger charge is 2.17. The Hall–Kier alpha value is -2.10. The number of aryl methyl sites for hydroxylation is 2. The average molecular weight is 354 g/mol. The van der Waals surface area contributed by atoms with Gasteiger partial charge in [-0.15, -0.1) is 0 Å². The van der Waals surface area contributed by atoms with Crippen molar-refractivity contribution in [1.82, 2.24) is 9.78 Å². The first-order valence-electron chi connectivity index (χ1n) is 9.93. The molecule has 0 saturated heterocycles. The summed E-state index contributed by atoms with van der Waals surface area (Å²) >= 11 is 0. The van der Waals surface area contributed by atoms with Crippen LogP contribution in [0.4, 0.5) is 5.69 Å². The first-order chi connectivity index (χ1) is 12.5. The van der Waals surface area contributed by atoms with Gasteiger partial charge in [0.1, 0.15) is 0 Å². The molecule has 1 heterocycles. The van der Waals surface area contributed by atoms with Crippen LogP contribution >= 0.6 is 0 Å². The Labute approximate surface area is 157 Å². The van der Waals surface area contributed by atoms with Gasteiger partial charge in [-0.3, -0.25) is 9.48 Å². The van der Waals surface area contributed by atoms with E-state index in [0.29, 0.717) is 6.42 Å². The van der Waals surface area contributed by atoms with Gasteiger partial charge in [0.25, 0.3) is 0 Å². The highest BCUT2D eigenvalue weighted by atomic mass is 16.1. The van der Waals surface area contributed by atoms with Gasteiger partial charge < -0.3 is 5.32 Å². The second kappa shape index (κ2) is 8.52. The number of anilines is 1. The van der Waals surface area contributed by atoms with E-state index in [9.17, 15) is 4.79 Å². The number of benzene rings is 1. The SMILES string of the molecule is Cc1ccccc1Cn1nc(C)c(NC(=O)CCC2CCCCC2)c1C. The largest absolute Gasteiger partial charge is 0.323 e. The Morgan fingerprint density at radius 3 is 2.62 bits per heavy atom. The number of amides is 1. The number of hydrogen-bond donors (Lipinski definition) is 1. The summed E-state index contributed by atoms with van der Waals surface area (Å²) in [5.74, 6) is 0.859. The van der Waals surface area contributed by atoms with Gasteiger partial charge in [-0.1, -0.05) is 56.4 Å². The third-order valence-electron chi connectivity index (χ3n) is 5.73. The average Bonchev–Trinajstić information content (AvgIpc) is 2.90. The molecule has 0 spiro atoms. The van der Waals surface area contributed by atoms with E-state index in [4.69, 9.17) is 0 Å². The Morgan fingerprint density at radius 1 is 1.15 bits per heavy atom. The van der Waals surface area contributed by atoms with Gasteiger partial charge in [0, 0.05) is 6.42 Å². The summed E-state index contributed by atoms with van der Waals surface area (Å²) in [6.45, 7) is 6.86. The molecular weight excluding hydrogens is 322 g/mol. The lowest BCUT2D eigenvalue weighted by Crippen LogP contribution is -2.15. The predicted octanol–water partition coefficient (Wildman–Crippen LogP) is 5.16. The number of aromatic nitrogens is 2. The van der Waals surface area contributed by atoms with Gasteiger partial charge in [0.2, 0.25) is 5.91 Å². The van der Waals surface area contributed by atoms with Gasteiger partial charge >= 0.3 is 0 Å². The van der Waals surface area contributed by atoms with E-state index in [0.717, 1.165) is 36.0 Å². The lowest BCUT2D eigenvalue weighted by atomic mass is 9.86. The third-order valence-corrected chi connectivity index (χ3v) is 5.73. The van der Waals surface area contributed by atoms with Crippen molar-refractivity contribution >= 4 is 11.6 Å². The number of carbonyl (C=O) groups is 1. The second-order valence-electron chi connectivity index (χ2n) is 7.72. The first kappa shape index (κ1) is 18.7. The number of nitrogens with one attached hydrogen (secondary N) is 1. The molecule has 0 unspecified atom stereocenters. The maximum absolute atomic E-state index is 12.4. The quantitative estimate of drug-likeness (QED) is 0.780. The maximum atomic E-state index is 12.4. The van der Waals surface area contributed by atoms with Crippen LogP contribution in [0.3, 0.4) is 0 Å². The molecule has 1 saturated carbocycles. The van der Waals surface area contributed by atoms with Crippen LogP contribution in [0.15, 0.2) is 24.3 Å². The molecular formula is C22H31N3O. The molecule has 1 amide bonds. The van der Waals surface area contributed by atoms with Gasteiger partial charge in [0.15, 0.2) is 0 Å². The van der Waals surface area contributed by atoms with Crippen molar-refractivity contribution in [3.8, 4) is 0 Å². The summed E-state index contributed by atoms with van der Waals surface area (Å²) in [7, 11) is 0. The Morgan fingerprint density at radius 2 is 1.88 bits per heavy atom. The van der Waals surface area contributed by atoms with Crippen molar-refractivity contribution in [2.75, 3.05) is 5.32 Å². The first-order valence-corrected chi connectivity index (χ1v) is 9.93. The van der Waals surface area contributed by atoms with Crippen LogP contribution in [-0.4, -0.2) is 15.7 Å². The molecule has 0 radical (unpaired) electrons. The molecule has 0 bridgehead atoms. The van der Waals surface area contributed by atoms with E-state index in [1.807, 2.05) is 18.5 Å². The summed E-state index contributed by atoms with van der Waals surface area (Å²) in [4.78, 5) is 12.4. The van der Waals surface area contributed by atoms with Crippen molar-refractivity contribution in [2.24, 2.45) is 5.92 Å². The molecule has 4 nitrogen and oxygen atoms in total. The summed E-state index contributed by atoms with van der Waals surface area (Å²) in [6, 6.07) is 8.36. The second-order valence-corrected chi connectivity index (χ2v) is 7.72. The fourth-order valence-corrected chi connectivity index (χ4v) is 3.99. The van der Waals surface area contributed by atoms with Crippen LogP contribution in [-0.2, 0) is 11.3 Å². The molecule has 1 aromatic heterocycles. The highest BCUT2D eigenvalue weighted by molar-refractivity contribution is 5.91. The maximum Gasteiger partial charge on any atom is 0.224 e. The molecule has 0 aliphatic heterocycles. The van der Waals surface area contributed by atoms with E-state index in [1.54, 1.807) is 0 Å². The van der Waals surface area contributed by atoms with Crippen molar-refractivity contribution < 1.29 is 4.79 Å². The smallest absolute Gasteiger partial charge is 0.224 e. The Kier molecular flexibility index (Phi) is 6.12. The van der Waals surface area contributed by atoms with E-state index in [1.165, 1.54) is 43.2 Å². The molecule has 1 fully saturated rings. The minimum atomic E-state index is 0.122. The molecule has 26 heavy (non-hydrogen) atoms. The number of rotatable bonds is 6. The van der Waals surface area contributed by atoms with Gasteiger partial charge in [-0.05, 0) is 44.2 Å². The fourth-order valence-electron chi connectivity index (χ4n) is 3.99. The Bertz CT molecular complexity index is 757. The zero-order chi connectivity index (χ0) is 18.5. The van der Waals surface area contributed by atoms with E-state index < -0.39 is 0 Å². The molecule has 1 aromatic carbocycles. The third kappa shape index (κ3) is 4.54. The number of carbonyl (C=O) groups excluding carboxylic acids is 1. The number of hydrogen-bond acceptors (Lipinski definition) is 2. The van der Waals surface area contributed by atoms with Crippen molar-refractivity contribution in [3.63, 3.8) is 0 Å². The fraction of sp³-hybridized carbons (Fsp3) is 0.545. The zero-order valence-electron chi connectivity index (χ0n) is 16.3. The molecule has 1 N–H and O–H groups in total. The van der Waals surface area contributed by atoms with Crippen LogP contribution in [0.1, 0.15) is 67.5 Å². The minimum Gasteiger partial charge on any atom is -0.323 e. The van der Waals surface area contributed by atoms with Gasteiger partial charge in [-0.2, -0.15) is 5.10 Å². The van der Waals surface area contributed by atoms with E-state index >= 15 is 0 Å². The minimum absolute atomic E-state index is 0.122. The predicted molar refractivity (Wildman–Crippen MR) is 106 cm³/mol. The van der Waals surface area contributed by atoms with E-state index in [-0.39, 0.29) is 5.91 Å². The van der Waals surface area contributed by atoms with Crippen molar-refractivity contribution in [2.45, 2.75) is 72.3 Å². The van der Waals surface area contributed by atoms with Crippen LogP contribution < -0.4 is 5.32 Å². The van der Waals surface area contributed by atoms with Crippen molar-refractivity contribution in [3.05, 3.63) is 46.8 Å². The lowest BCUT2D eigenvalue weighted by molar-refractivity contribution is -0.116. The molecule has 4 heteroatoms. The molecule has 1 aliphatic rings. The summed E-state index contributed by atoms with van der Waals surface area (Å²) in [6.07, 6.45) is 8.24. The Balaban J connectivity index is 1.62. The zero-order valence-corrected chi connectivity index (χ0v) is 16.3. The topological polar surface area (TPSA) is 46.9 Å². The molecule has 3 rings (SSSR count). The standard InChI is InChI=1S/C22H31N3O/c1-16-9-7-8-12-20(16)15-25-18(3)22(17(2)24-25)23-21(26)14-13-19-10-5-4-6-11-19/h7-9,12,19H,4-6,10-11,13-15H2,1-3H3,(H,23,26). The highest BCUT2D eigenvalue weighted by Crippen LogP contribution is 2.28. The molecule has 0 atom stereocenters. The monoisotopic (exact) mass is 353 g/mol. The summed E-state index contributed by atoms with van der Waals surface area (Å²) in [5.41, 5.74) is 5.32. The lowest BCUT2D eigenvalue weighted by Gasteiger charge is -2.21. The molecule has 140 valence electrons. The van der Waals surface area contributed by atoms with E-state index in [2.05, 4.69) is 41.6 Å².